The molecule has 0 radical (unpaired) electrons. The number of nitrogens with zero attached hydrogens (tertiary/aromatic N) is 1. The second-order valence-corrected chi connectivity index (χ2v) is 6.87. The van der Waals surface area contributed by atoms with Crippen LogP contribution in [0.4, 0.5) is 5.69 Å². The highest BCUT2D eigenvalue weighted by molar-refractivity contribution is 14.0. The van der Waals surface area contributed by atoms with Crippen molar-refractivity contribution in [3.63, 3.8) is 0 Å². The van der Waals surface area contributed by atoms with E-state index < -0.39 is 0 Å². The molecule has 23 heavy (non-hydrogen) atoms. The summed E-state index contributed by atoms with van der Waals surface area (Å²) >= 11 is 0. The van der Waals surface area contributed by atoms with E-state index in [9.17, 15) is 0 Å². The van der Waals surface area contributed by atoms with Crippen molar-refractivity contribution >= 4 is 35.6 Å². The zero-order valence-corrected chi connectivity index (χ0v) is 16.8. The predicted octanol–water partition coefficient (Wildman–Crippen LogP) is 4.39. The summed E-state index contributed by atoms with van der Waals surface area (Å²) in [6.07, 6.45) is 5.13. The molecule has 3 N–H and O–H groups in total. The van der Waals surface area contributed by atoms with Crippen molar-refractivity contribution in [1.82, 2.24) is 0 Å². The minimum atomic E-state index is 0. The highest BCUT2D eigenvalue weighted by Crippen LogP contribution is 2.46. The van der Waals surface area contributed by atoms with Gasteiger partial charge in [0.2, 0.25) is 0 Å². The molecule has 1 aromatic carbocycles. The Kier molecular flexibility index (Phi) is 8.33. The molecule has 1 aliphatic rings. The molecule has 0 bridgehead atoms. The average Bonchev–Trinajstić information content (AvgIpc) is 2.44. The molecule has 1 aromatic rings. The molecule has 0 spiro atoms. The molecule has 1 aliphatic carbocycles. The molecule has 2 rings (SSSR count). The van der Waals surface area contributed by atoms with Crippen LogP contribution in [-0.2, 0) is 11.3 Å². The van der Waals surface area contributed by atoms with E-state index in [2.05, 4.69) is 24.2 Å². The van der Waals surface area contributed by atoms with Gasteiger partial charge in [0.25, 0.3) is 0 Å². The Hall–Kier alpha value is -0.820. The molecule has 0 aromatic heterocycles. The number of guanidine groups is 1. The van der Waals surface area contributed by atoms with E-state index in [1.807, 2.05) is 24.3 Å². The number of anilines is 1. The van der Waals surface area contributed by atoms with Crippen molar-refractivity contribution in [1.29, 1.82) is 0 Å². The van der Waals surface area contributed by atoms with E-state index in [1.165, 1.54) is 25.7 Å². The number of aliphatic imine (C=N–C) groups is 1. The lowest BCUT2D eigenvalue weighted by Crippen LogP contribution is -2.35. The topological polar surface area (TPSA) is 59.6 Å². The predicted molar refractivity (Wildman–Crippen MR) is 108 cm³/mol. The van der Waals surface area contributed by atoms with Gasteiger partial charge in [0.1, 0.15) is 0 Å². The standard InChI is InChI=1S/C18H29N3O.HI/c1-14(2)11-18(9-6-10-18)13-20-17(19)21-16-8-5-4-7-15(16)12-22-3;/h4-5,7-8,14H,6,9-13H2,1-3H3,(H3,19,20,21);1H. The lowest BCUT2D eigenvalue weighted by molar-refractivity contribution is 0.112. The van der Waals surface area contributed by atoms with Crippen LogP contribution in [0.3, 0.4) is 0 Å². The smallest absolute Gasteiger partial charge is 0.193 e. The summed E-state index contributed by atoms with van der Waals surface area (Å²) in [5.41, 5.74) is 8.52. The number of methoxy groups -OCH3 is 1. The lowest BCUT2D eigenvalue weighted by Gasteiger charge is -2.42. The first kappa shape index (κ1) is 20.2. The summed E-state index contributed by atoms with van der Waals surface area (Å²) in [6, 6.07) is 8.02. The Morgan fingerprint density at radius 2 is 2.04 bits per heavy atom. The van der Waals surface area contributed by atoms with Crippen molar-refractivity contribution in [3.8, 4) is 0 Å². The average molecular weight is 431 g/mol. The number of para-hydroxylation sites is 1. The second kappa shape index (κ2) is 9.47. The van der Waals surface area contributed by atoms with Crippen LogP contribution in [-0.4, -0.2) is 19.6 Å². The Morgan fingerprint density at radius 1 is 1.35 bits per heavy atom. The molecular formula is C18H30IN3O. The summed E-state index contributed by atoms with van der Waals surface area (Å²) in [5, 5.41) is 3.22. The van der Waals surface area contributed by atoms with Crippen molar-refractivity contribution in [3.05, 3.63) is 29.8 Å². The molecule has 1 saturated carbocycles. The molecule has 0 saturated heterocycles. The number of ether oxygens (including phenoxy) is 1. The summed E-state index contributed by atoms with van der Waals surface area (Å²) in [5.74, 6) is 1.21. The highest BCUT2D eigenvalue weighted by Gasteiger charge is 2.37. The van der Waals surface area contributed by atoms with E-state index >= 15 is 0 Å². The monoisotopic (exact) mass is 431 g/mol. The van der Waals surface area contributed by atoms with Gasteiger partial charge in [-0.1, -0.05) is 38.5 Å². The number of nitrogens with one attached hydrogen (secondary N) is 1. The van der Waals surface area contributed by atoms with Crippen molar-refractivity contribution in [2.24, 2.45) is 22.1 Å². The zero-order chi connectivity index (χ0) is 16.0. The van der Waals surface area contributed by atoms with Gasteiger partial charge in [-0.2, -0.15) is 0 Å². The minimum absolute atomic E-state index is 0. The summed E-state index contributed by atoms with van der Waals surface area (Å²) < 4.78 is 5.21. The number of halogens is 1. The van der Waals surface area contributed by atoms with Crippen LogP contribution >= 0.6 is 24.0 Å². The van der Waals surface area contributed by atoms with E-state index in [0.717, 1.165) is 17.8 Å². The Bertz CT molecular complexity index is 513. The number of rotatable bonds is 7. The molecule has 0 heterocycles. The largest absolute Gasteiger partial charge is 0.380 e. The van der Waals surface area contributed by atoms with Crippen molar-refractivity contribution < 1.29 is 4.74 Å². The van der Waals surface area contributed by atoms with Crippen LogP contribution in [0.25, 0.3) is 0 Å². The fraction of sp³-hybridized carbons (Fsp3) is 0.611. The van der Waals surface area contributed by atoms with Gasteiger partial charge in [-0.05, 0) is 36.7 Å². The third kappa shape index (κ3) is 5.95. The van der Waals surface area contributed by atoms with Gasteiger partial charge in [0, 0.05) is 24.9 Å². The van der Waals surface area contributed by atoms with Gasteiger partial charge >= 0.3 is 0 Å². The molecule has 0 aliphatic heterocycles. The number of benzene rings is 1. The normalized spacial score (nSPS) is 16.6. The fourth-order valence-corrected chi connectivity index (χ4v) is 3.32. The third-order valence-corrected chi connectivity index (χ3v) is 4.42. The van der Waals surface area contributed by atoms with Crippen molar-refractivity contribution in [2.75, 3.05) is 19.0 Å². The van der Waals surface area contributed by atoms with Gasteiger partial charge in [0.05, 0.1) is 6.61 Å². The van der Waals surface area contributed by atoms with Crippen LogP contribution in [0.15, 0.2) is 29.3 Å². The Morgan fingerprint density at radius 3 is 2.61 bits per heavy atom. The maximum atomic E-state index is 6.09. The Balaban J connectivity index is 0.00000264. The molecule has 5 heteroatoms. The number of hydrogen-bond acceptors (Lipinski definition) is 2. The molecule has 130 valence electrons. The molecule has 0 atom stereocenters. The minimum Gasteiger partial charge on any atom is -0.380 e. The van der Waals surface area contributed by atoms with Gasteiger partial charge in [-0.25, -0.2) is 0 Å². The Labute approximate surface area is 157 Å². The van der Waals surface area contributed by atoms with E-state index in [1.54, 1.807) is 7.11 Å². The van der Waals surface area contributed by atoms with Gasteiger partial charge in [-0.15, -0.1) is 24.0 Å². The van der Waals surface area contributed by atoms with E-state index in [-0.39, 0.29) is 24.0 Å². The van der Waals surface area contributed by atoms with Gasteiger partial charge in [-0.3, -0.25) is 4.99 Å². The quantitative estimate of drug-likeness (QED) is 0.382. The molecule has 4 nitrogen and oxygen atoms in total. The molecule has 0 amide bonds. The van der Waals surface area contributed by atoms with E-state index in [0.29, 0.717) is 23.9 Å². The van der Waals surface area contributed by atoms with Crippen LogP contribution in [0.1, 0.15) is 45.1 Å². The van der Waals surface area contributed by atoms with Crippen molar-refractivity contribution in [2.45, 2.75) is 46.1 Å². The summed E-state index contributed by atoms with van der Waals surface area (Å²) in [4.78, 5) is 4.61. The molecule has 1 fully saturated rings. The maximum absolute atomic E-state index is 6.09. The second-order valence-electron chi connectivity index (χ2n) is 6.87. The molecule has 0 unspecified atom stereocenters. The summed E-state index contributed by atoms with van der Waals surface area (Å²) in [7, 11) is 1.69. The van der Waals surface area contributed by atoms with Gasteiger partial charge in [0.15, 0.2) is 5.96 Å². The zero-order valence-electron chi connectivity index (χ0n) is 14.5. The van der Waals surface area contributed by atoms with Crippen LogP contribution in [0.2, 0.25) is 0 Å². The number of nitrogens with two attached hydrogens (primary N) is 1. The van der Waals surface area contributed by atoms with Crippen LogP contribution < -0.4 is 11.1 Å². The lowest BCUT2D eigenvalue weighted by atomic mass is 9.64. The highest BCUT2D eigenvalue weighted by atomic mass is 127. The molecular weight excluding hydrogens is 401 g/mol. The third-order valence-electron chi connectivity index (χ3n) is 4.42. The fourth-order valence-electron chi connectivity index (χ4n) is 3.32. The first-order chi connectivity index (χ1) is 10.5. The first-order valence-corrected chi connectivity index (χ1v) is 8.18. The van der Waals surface area contributed by atoms with Crippen LogP contribution in [0, 0.1) is 11.3 Å². The number of hydrogen-bond donors (Lipinski definition) is 2. The maximum Gasteiger partial charge on any atom is 0.193 e. The first-order valence-electron chi connectivity index (χ1n) is 8.18. The van der Waals surface area contributed by atoms with Gasteiger partial charge < -0.3 is 15.8 Å². The van der Waals surface area contributed by atoms with E-state index in [4.69, 9.17) is 10.5 Å². The van der Waals surface area contributed by atoms with Crippen LogP contribution in [0.5, 0.6) is 0 Å². The SMILES string of the molecule is COCc1ccccc1NC(N)=NCC1(CC(C)C)CCC1.I. The summed E-state index contributed by atoms with van der Waals surface area (Å²) in [6.45, 7) is 5.96.